The Hall–Kier alpha value is -0.490. The first kappa shape index (κ1) is 16.6. The number of carbonyl (C=O) groups excluding carboxylic acids is 1. The summed E-state index contributed by atoms with van der Waals surface area (Å²) in [6.45, 7) is 0. The van der Waals surface area contributed by atoms with Crippen LogP contribution in [0, 0.1) is 0 Å². The van der Waals surface area contributed by atoms with E-state index in [0.717, 1.165) is 15.6 Å². The van der Waals surface area contributed by atoms with E-state index in [2.05, 4.69) is 15.9 Å². The van der Waals surface area contributed by atoms with Gasteiger partial charge in [-0.2, -0.15) is 0 Å². The number of aliphatic hydroxyl groups excluding tert-OH is 1. The van der Waals surface area contributed by atoms with Crippen molar-refractivity contribution in [3.05, 3.63) is 58.6 Å². The first-order chi connectivity index (χ1) is 8.59. The third-order valence-electron chi connectivity index (χ3n) is 2.59. The summed E-state index contributed by atoms with van der Waals surface area (Å²) in [5, 5.41) is 17.6. The molecule has 0 saturated carbocycles. The van der Waals surface area contributed by atoms with Gasteiger partial charge in [0.1, 0.15) is 0 Å². The first-order valence-electron chi connectivity index (χ1n) is 5.35. The summed E-state index contributed by atoms with van der Waals surface area (Å²) < 4.78 is 0.964. The third kappa shape index (κ3) is 3.99. The molecular formula is C14H11BrNaO3. The average Bonchev–Trinajstić information content (AvgIpc) is 2.38. The summed E-state index contributed by atoms with van der Waals surface area (Å²) in [4.78, 5) is 11.3. The van der Waals surface area contributed by atoms with E-state index in [-0.39, 0.29) is 35.1 Å². The van der Waals surface area contributed by atoms with Crippen LogP contribution in [0.5, 0.6) is 0 Å². The number of carbonyl (C=O) groups is 1. The molecular weight excluding hydrogens is 319 g/mol. The molecule has 3 nitrogen and oxygen atoms in total. The van der Waals surface area contributed by atoms with Crippen LogP contribution in [0.15, 0.2) is 53.0 Å². The van der Waals surface area contributed by atoms with Gasteiger partial charge in [-0.3, -0.25) is 4.79 Å². The van der Waals surface area contributed by atoms with Gasteiger partial charge in [0.05, 0.1) is 0 Å². The molecule has 2 N–H and O–H groups in total. The maximum atomic E-state index is 11.3. The maximum absolute atomic E-state index is 11.3. The van der Waals surface area contributed by atoms with Crippen molar-refractivity contribution in [2.75, 3.05) is 0 Å². The molecule has 0 amide bonds. The van der Waals surface area contributed by atoms with Crippen molar-refractivity contribution in [3.63, 3.8) is 0 Å². The summed E-state index contributed by atoms with van der Waals surface area (Å²) in [5.74, 6) is -0.700. The fraction of sp³-hybridized carbons (Fsp3) is 0.0714. The Balaban J connectivity index is 0.00000180. The van der Waals surface area contributed by atoms with E-state index in [4.69, 9.17) is 10.2 Å². The van der Waals surface area contributed by atoms with Gasteiger partial charge in [0, 0.05) is 39.6 Å². The summed E-state index contributed by atoms with van der Waals surface area (Å²) in [5.41, 5.74) is 2.24. The van der Waals surface area contributed by atoms with Gasteiger partial charge in [-0.05, 0) is 17.2 Å². The SMILES string of the molecule is O=C(c1ccc(-c2ccccc2Br)cc1)C(O)O.[Na]. The Kier molecular flexibility index (Phi) is 6.39. The number of benzene rings is 2. The third-order valence-corrected chi connectivity index (χ3v) is 3.28. The Morgan fingerprint density at radius 1 is 1.00 bits per heavy atom. The topological polar surface area (TPSA) is 57.5 Å². The molecule has 0 fully saturated rings. The van der Waals surface area contributed by atoms with Crippen LogP contribution in [-0.2, 0) is 0 Å². The zero-order valence-corrected chi connectivity index (χ0v) is 14.0. The minimum atomic E-state index is -1.96. The van der Waals surface area contributed by atoms with Crippen LogP contribution in [-0.4, -0.2) is 51.8 Å². The summed E-state index contributed by atoms with van der Waals surface area (Å²) >= 11 is 3.46. The quantitative estimate of drug-likeness (QED) is 0.515. The second-order valence-electron chi connectivity index (χ2n) is 3.80. The number of hydrogen-bond acceptors (Lipinski definition) is 3. The molecule has 1 radical (unpaired) electrons. The molecule has 0 aliphatic carbocycles. The number of rotatable bonds is 3. The molecule has 0 unspecified atom stereocenters. The van der Waals surface area contributed by atoms with Gasteiger partial charge in [0.25, 0.3) is 0 Å². The number of Topliss-reactive ketones (excluding diaryl/α,β-unsaturated/α-hetero) is 1. The Labute approximate surface area is 141 Å². The number of hydrogen-bond donors (Lipinski definition) is 2. The van der Waals surface area contributed by atoms with Gasteiger partial charge < -0.3 is 10.2 Å². The predicted molar refractivity (Wildman–Crippen MR) is 77.9 cm³/mol. The molecule has 0 spiro atoms. The van der Waals surface area contributed by atoms with Crippen molar-refractivity contribution in [2.45, 2.75) is 6.29 Å². The second kappa shape index (κ2) is 7.33. The molecule has 2 aromatic rings. The average molecular weight is 330 g/mol. The Morgan fingerprint density at radius 2 is 1.58 bits per heavy atom. The van der Waals surface area contributed by atoms with Crippen LogP contribution in [0.4, 0.5) is 0 Å². The zero-order valence-electron chi connectivity index (χ0n) is 10.4. The standard InChI is InChI=1S/C14H11BrO3.Na/c15-12-4-2-1-3-11(12)9-5-7-10(8-6-9)13(16)14(17)18;/h1-8,14,17-18H;. The van der Waals surface area contributed by atoms with Gasteiger partial charge in [0.2, 0.25) is 12.1 Å². The molecule has 93 valence electrons. The molecule has 19 heavy (non-hydrogen) atoms. The van der Waals surface area contributed by atoms with Crippen LogP contribution in [0.2, 0.25) is 0 Å². The van der Waals surface area contributed by atoms with Crippen LogP contribution in [0.1, 0.15) is 10.4 Å². The minimum Gasteiger partial charge on any atom is -0.362 e. The van der Waals surface area contributed by atoms with Crippen molar-refractivity contribution in [3.8, 4) is 11.1 Å². The second-order valence-corrected chi connectivity index (χ2v) is 4.65. The molecule has 0 atom stereocenters. The number of ketones is 1. The van der Waals surface area contributed by atoms with E-state index >= 15 is 0 Å². The van der Waals surface area contributed by atoms with E-state index in [1.165, 1.54) is 0 Å². The molecule has 0 heterocycles. The van der Waals surface area contributed by atoms with Crippen LogP contribution < -0.4 is 0 Å². The van der Waals surface area contributed by atoms with Gasteiger partial charge in [0.15, 0.2) is 0 Å². The van der Waals surface area contributed by atoms with Crippen molar-refractivity contribution in [1.29, 1.82) is 0 Å². The molecule has 0 aliphatic rings. The molecule has 0 aromatic heterocycles. The van der Waals surface area contributed by atoms with E-state index in [0.29, 0.717) is 0 Å². The van der Waals surface area contributed by atoms with Crippen molar-refractivity contribution < 1.29 is 15.0 Å². The van der Waals surface area contributed by atoms with Crippen molar-refractivity contribution in [1.82, 2.24) is 0 Å². The zero-order chi connectivity index (χ0) is 13.1. The molecule has 2 rings (SSSR count). The van der Waals surface area contributed by atoms with Crippen molar-refractivity contribution >= 4 is 51.3 Å². The fourth-order valence-corrected chi connectivity index (χ4v) is 2.17. The Bertz CT molecular complexity index is 567. The monoisotopic (exact) mass is 329 g/mol. The summed E-state index contributed by atoms with van der Waals surface area (Å²) in [7, 11) is 0. The summed E-state index contributed by atoms with van der Waals surface area (Å²) in [6.07, 6.45) is -1.96. The number of halogens is 1. The molecule has 0 aliphatic heterocycles. The normalized spacial score (nSPS) is 10.1. The largest absolute Gasteiger partial charge is 0.362 e. The van der Waals surface area contributed by atoms with Gasteiger partial charge in [-0.25, -0.2) is 0 Å². The van der Waals surface area contributed by atoms with Gasteiger partial charge in [-0.15, -0.1) is 0 Å². The predicted octanol–water partition coefficient (Wildman–Crippen LogP) is 2.23. The number of aliphatic hydroxyl groups is 2. The van der Waals surface area contributed by atoms with Crippen LogP contribution in [0.3, 0.4) is 0 Å². The maximum Gasteiger partial charge on any atom is 0.218 e. The van der Waals surface area contributed by atoms with E-state index in [1.54, 1.807) is 24.3 Å². The Morgan fingerprint density at radius 3 is 2.11 bits per heavy atom. The molecule has 0 saturated heterocycles. The molecule has 5 heteroatoms. The minimum absolute atomic E-state index is 0. The molecule has 0 bridgehead atoms. The van der Waals surface area contributed by atoms with Gasteiger partial charge in [-0.1, -0.05) is 58.4 Å². The van der Waals surface area contributed by atoms with E-state index < -0.39 is 12.1 Å². The van der Waals surface area contributed by atoms with Crippen LogP contribution in [0.25, 0.3) is 11.1 Å². The van der Waals surface area contributed by atoms with E-state index in [9.17, 15) is 4.79 Å². The van der Waals surface area contributed by atoms with Crippen molar-refractivity contribution in [2.24, 2.45) is 0 Å². The fourth-order valence-electron chi connectivity index (χ4n) is 1.66. The van der Waals surface area contributed by atoms with Gasteiger partial charge >= 0.3 is 0 Å². The smallest absolute Gasteiger partial charge is 0.218 e. The first-order valence-corrected chi connectivity index (χ1v) is 6.14. The van der Waals surface area contributed by atoms with Crippen LogP contribution >= 0.6 is 15.9 Å². The van der Waals surface area contributed by atoms with E-state index in [1.807, 2.05) is 24.3 Å². The summed E-state index contributed by atoms with van der Waals surface area (Å²) in [6, 6.07) is 14.5. The molecule has 2 aromatic carbocycles.